The zero-order valence-corrected chi connectivity index (χ0v) is 12.8. The van der Waals surface area contributed by atoms with Gasteiger partial charge in [0.1, 0.15) is 5.75 Å². The Balaban J connectivity index is 1.95. The Bertz CT molecular complexity index is 700. The fourth-order valence-electron chi connectivity index (χ4n) is 2.15. The van der Waals surface area contributed by atoms with Crippen molar-refractivity contribution >= 4 is 17.3 Å². The first-order valence-electron chi connectivity index (χ1n) is 7.35. The number of nitro benzene ring substituents is 1. The van der Waals surface area contributed by atoms with Gasteiger partial charge < -0.3 is 10.1 Å². The predicted molar refractivity (Wildman–Crippen MR) is 87.7 cm³/mol. The minimum absolute atomic E-state index is 0.0730. The number of hydrogen-bond acceptors (Lipinski definition) is 4. The molecule has 120 valence electrons. The number of benzene rings is 2. The number of hydrogen-bond donors (Lipinski definition) is 1. The number of aryl methyl sites for hydroxylation is 1. The summed E-state index contributed by atoms with van der Waals surface area (Å²) in [7, 11) is 0. The smallest absolute Gasteiger partial charge is 0.273 e. The Kier molecular flexibility index (Phi) is 5.68. The topological polar surface area (TPSA) is 81.5 Å². The second-order valence-electron chi connectivity index (χ2n) is 5.00. The van der Waals surface area contributed by atoms with E-state index in [4.69, 9.17) is 4.74 Å². The number of non-ortho nitro benzene ring substituents is 1. The second kappa shape index (κ2) is 7.93. The van der Waals surface area contributed by atoms with Gasteiger partial charge in [-0.3, -0.25) is 14.9 Å². The highest BCUT2D eigenvalue weighted by Gasteiger charge is 2.09. The van der Waals surface area contributed by atoms with Crippen LogP contribution in [0, 0.1) is 10.1 Å². The molecule has 0 unspecified atom stereocenters. The van der Waals surface area contributed by atoms with Crippen LogP contribution in [0.1, 0.15) is 18.9 Å². The van der Waals surface area contributed by atoms with E-state index in [2.05, 4.69) is 12.2 Å². The number of carbonyl (C=O) groups is 1. The second-order valence-corrected chi connectivity index (χ2v) is 5.00. The number of nitro groups is 1. The Morgan fingerprint density at radius 1 is 1.22 bits per heavy atom. The maximum absolute atomic E-state index is 12.0. The number of nitrogens with zero attached hydrogens (tertiary/aromatic N) is 1. The molecule has 0 aromatic heterocycles. The van der Waals surface area contributed by atoms with Gasteiger partial charge in [-0.1, -0.05) is 37.6 Å². The molecule has 0 atom stereocenters. The Labute approximate surface area is 134 Å². The number of amides is 1. The number of ether oxygens (including phenoxy) is 1. The molecule has 0 aliphatic carbocycles. The van der Waals surface area contributed by atoms with Crippen molar-refractivity contribution in [3.63, 3.8) is 0 Å². The predicted octanol–water partition coefficient (Wildman–Crippen LogP) is 3.56. The molecule has 6 nitrogen and oxygen atoms in total. The molecule has 1 N–H and O–H groups in total. The number of anilines is 1. The molecule has 0 radical (unpaired) electrons. The summed E-state index contributed by atoms with van der Waals surface area (Å²) in [5.41, 5.74) is 1.76. The summed E-state index contributed by atoms with van der Waals surface area (Å²) in [5.74, 6) is -0.0174. The van der Waals surface area contributed by atoms with Crippen LogP contribution in [0.25, 0.3) is 0 Å². The zero-order valence-electron chi connectivity index (χ0n) is 12.8. The molecule has 0 bridgehead atoms. The zero-order chi connectivity index (χ0) is 16.7. The van der Waals surface area contributed by atoms with E-state index in [1.807, 2.05) is 24.3 Å². The van der Waals surface area contributed by atoms with Crippen LogP contribution in [-0.2, 0) is 11.2 Å². The standard InChI is InChI=1S/C17H18N2O4/c1-2-6-13-7-3-4-10-16(13)18-17(20)12-23-15-9-5-8-14(11-15)19(21)22/h3-5,7-11H,2,6,12H2,1H3,(H,18,20). The molecule has 0 saturated carbocycles. The molecule has 2 aromatic rings. The lowest BCUT2D eigenvalue weighted by atomic mass is 10.1. The van der Waals surface area contributed by atoms with Crippen LogP contribution in [0.15, 0.2) is 48.5 Å². The number of nitrogens with one attached hydrogen (secondary N) is 1. The lowest BCUT2D eigenvalue weighted by Crippen LogP contribution is -2.20. The van der Waals surface area contributed by atoms with E-state index in [0.717, 1.165) is 24.1 Å². The SMILES string of the molecule is CCCc1ccccc1NC(=O)COc1cccc([N+](=O)[O-])c1. The van der Waals surface area contributed by atoms with Crippen LogP contribution < -0.4 is 10.1 Å². The quantitative estimate of drug-likeness (QED) is 0.625. The lowest BCUT2D eigenvalue weighted by Gasteiger charge is -2.11. The summed E-state index contributed by atoms with van der Waals surface area (Å²) in [6, 6.07) is 13.4. The number of carbonyl (C=O) groups excluding carboxylic acids is 1. The van der Waals surface area contributed by atoms with E-state index in [9.17, 15) is 14.9 Å². The molecule has 0 heterocycles. The Morgan fingerprint density at radius 3 is 2.74 bits per heavy atom. The van der Waals surface area contributed by atoms with Crippen molar-refractivity contribution in [3.05, 3.63) is 64.2 Å². The molecule has 0 fully saturated rings. The first-order chi connectivity index (χ1) is 11.1. The highest BCUT2D eigenvalue weighted by atomic mass is 16.6. The summed E-state index contributed by atoms with van der Waals surface area (Å²) >= 11 is 0. The highest BCUT2D eigenvalue weighted by Crippen LogP contribution is 2.20. The van der Waals surface area contributed by atoms with Gasteiger partial charge in [-0.25, -0.2) is 0 Å². The maximum Gasteiger partial charge on any atom is 0.273 e. The molecular formula is C17H18N2O4. The van der Waals surface area contributed by atoms with Gasteiger partial charge in [-0.15, -0.1) is 0 Å². The van der Waals surface area contributed by atoms with Gasteiger partial charge >= 0.3 is 0 Å². The molecule has 0 aliphatic rings. The summed E-state index contributed by atoms with van der Waals surface area (Å²) in [5, 5.41) is 13.5. The third-order valence-corrected chi connectivity index (χ3v) is 3.21. The van der Waals surface area contributed by atoms with Crippen molar-refractivity contribution in [2.24, 2.45) is 0 Å². The van der Waals surface area contributed by atoms with Gasteiger partial charge in [-0.05, 0) is 24.1 Å². The number of para-hydroxylation sites is 1. The summed E-state index contributed by atoms with van der Waals surface area (Å²) in [4.78, 5) is 22.2. The summed E-state index contributed by atoms with van der Waals surface area (Å²) in [6.07, 6.45) is 1.86. The minimum atomic E-state index is -0.506. The van der Waals surface area contributed by atoms with Crippen LogP contribution in [0.3, 0.4) is 0 Å². The van der Waals surface area contributed by atoms with Gasteiger partial charge in [-0.2, -0.15) is 0 Å². The lowest BCUT2D eigenvalue weighted by molar-refractivity contribution is -0.384. The van der Waals surface area contributed by atoms with E-state index in [1.165, 1.54) is 18.2 Å². The molecule has 0 saturated heterocycles. The average Bonchev–Trinajstić information content (AvgIpc) is 2.55. The van der Waals surface area contributed by atoms with Crippen LogP contribution >= 0.6 is 0 Å². The third-order valence-electron chi connectivity index (χ3n) is 3.21. The van der Waals surface area contributed by atoms with E-state index in [0.29, 0.717) is 0 Å². The van der Waals surface area contributed by atoms with E-state index in [1.54, 1.807) is 6.07 Å². The maximum atomic E-state index is 12.0. The van der Waals surface area contributed by atoms with Crippen LogP contribution in [0.4, 0.5) is 11.4 Å². The first kappa shape index (κ1) is 16.5. The van der Waals surface area contributed by atoms with Crippen molar-refractivity contribution < 1.29 is 14.5 Å². The van der Waals surface area contributed by atoms with Crippen LogP contribution in [-0.4, -0.2) is 17.4 Å². The van der Waals surface area contributed by atoms with E-state index < -0.39 is 4.92 Å². The van der Waals surface area contributed by atoms with Crippen LogP contribution in [0.2, 0.25) is 0 Å². The largest absolute Gasteiger partial charge is 0.484 e. The third kappa shape index (κ3) is 4.81. The van der Waals surface area contributed by atoms with Crippen molar-refractivity contribution in [2.75, 3.05) is 11.9 Å². The molecule has 2 aromatic carbocycles. The van der Waals surface area contributed by atoms with Gasteiger partial charge in [0.25, 0.3) is 11.6 Å². The number of rotatable bonds is 7. The van der Waals surface area contributed by atoms with Gasteiger partial charge in [0.2, 0.25) is 0 Å². The van der Waals surface area contributed by atoms with Crippen molar-refractivity contribution in [1.82, 2.24) is 0 Å². The Morgan fingerprint density at radius 2 is 2.00 bits per heavy atom. The summed E-state index contributed by atoms with van der Waals surface area (Å²) in [6.45, 7) is 1.87. The van der Waals surface area contributed by atoms with Gasteiger partial charge in [0.05, 0.1) is 11.0 Å². The highest BCUT2D eigenvalue weighted by molar-refractivity contribution is 5.92. The summed E-state index contributed by atoms with van der Waals surface area (Å²) < 4.78 is 5.31. The molecular weight excluding hydrogens is 296 g/mol. The monoisotopic (exact) mass is 314 g/mol. The van der Waals surface area contributed by atoms with Crippen LogP contribution in [0.5, 0.6) is 5.75 Å². The van der Waals surface area contributed by atoms with Crippen molar-refractivity contribution in [2.45, 2.75) is 19.8 Å². The van der Waals surface area contributed by atoms with Gasteiger partial charge in [0.15, 0.2) is 6.61 Å². The fraction of sp³-hybridized carbons (Fsp3) is 0.235. The molecule has 0 spiro atoms. The molecule has 1 amide bonds. The average molecular weight is 314 g/mol. The molecule has 6 heteroatoms. The first-order valence-corrected chi connectivity index (χ1v) is 7.35. The Hall–Kier alpha value is -2.89. The normalized spacial score (nSPS) is 10.1. The fourth-order valence-corrected chi connectivity index (χ4v) is 2.15. The minimum Gasteiger partial charge on any atom is -0.484 e. The van der Waals surface area contributed by atoms with Gasteiger partial charge in [0, 0.05) is 11.8 Å². The van der Waals surface area contributed by atoms with Crippen molar-refractivity contribution in [3.8, 4) is 5.75 Å². The molecule has 23 heavy (non-hydrogen) atoms. The molecule has 2 rings (SSSR count). The molecule has 0 aliphatic heterocycles. The van der Waals surface area contributed by atoms with E-state index in [-0.39, 0.29) is 24.0 Å². The van der Waals surface area contributed by atoms with E-state index >= 15 is 0 Å². The van der Waals surface area contributed by atoms with Crippen molar-refractivity contribution in [1.29, 1.82) is 0 Å².